The third kappa shape index (κ3) is 6.18. The number of amides is 1. The minimum absolute atomic E-state index is 0.000789. The molecule has 46 heavy (non-hydrogen) atoms. The van der Waals surface area contributed by atoms with Gasteiger partial charge in [0.25, 0.3) is 5.91 Å². The first kappa shape index (κ1) is 31.2. The molecule has 1 aliphatic heterocycles. The van der Waals surface area contributed by atoms with E-state index in [1.807, 2.05) is 6.07 Å². The first-order chi connectivity index (χ1) is 22.0. The summed E-state index contributed by atoms with van der Waals surface area (Å²) in [7, 11) is 3.35. The Labute approximate surface area is 264 Å². The number of hydrogen-bond donors (Lipinski definition) is 2. The van der Waals surface area contributed by atoms with Gasteiger partial charge >= 0.3 is 6.18 Å². The fourth-order valence-corrected chi connectivity index (χ4v) is 6.10. The van der Waals surface area contributed by atoms with Crippen LogP contribution in [0.25, 0.3) is 22.5 Å². The zero-order valence-corrected chi connectivity index (χ0v) is 25.6. The fourth-order valence-electron chi connectivity index (χ4n) is 6.10. The summed E-state index contributed by atoms with van der Waals surface area (Å²) in [5, 5.41) is 24.5. The highest BCUT2D eigenvalue weighted by atomic mass is 19.4. The van der Waals surface area contributed by atoms with Crippen molar-refractivity contribution in [3.63, 3.8) is 0 Å². The molecule has 238 valence electrons. The highest BCUT2D eigenvalue weighted by molar-refractivity contribution is 6.10. The average molecular weight is 631 g/mol. The Balaban J connectivity index is 1.44. The molecule has 0 unspecified atom stereocenters. The molecule has 2 aromatic heterocycles. The summed E-state index contributed by atoms with van der Waals surface area (Å²) in [6.07, 6.45) is -1.20. The lowest BCUT2D eigenvalue weighted by Gasteiger charge is -2.34. The van der Waals surface area contributed by atoms with Crippen molar-refractivity contribution in [1.29, 1.82) is 5.26 Å². The van der Waals surface area contributed by atoms with Gasteiger partial charge in [0.05, 0.1) is 30.3 Å². The van der Waals surface area contributed by atoms with Crippen molar-refractivity contribution < 1.29 is 22.7 Å². The number of pyridine rings is 1. The molecule has 1 amide bonds. The van der Waals surface area contributed by atoms with E-state index in [0.29, 0.717) is 58.5 Å². The van der Waals surface area contributed by atoms with E-state index >= 15 is 0 Å². The summed E-state index contributed by atoms with van der Waals surface area (Å²) >= 11 is 0. The van der Waals surface area contributed by atoms with Crippen LogP contribution in [0.4, 0.5) is 24.8 Å². The maximum absolute atomic E-state index is 14.3. The summed E-state index contributed by atoms with van der Waals surface area (Å²) in [6.45, 7) is 2.87. The second kappa shape index (κ2) is 12.5. The molecular formula is C33H33F3N8O2. The number of halogens is 3. The van der Waals surface area contributed by atoms with Crippen molar-refractivity contribution in [1.82, 2.24) is 25.1 Å². The van der Waals surface area contributed by atoms with Crippen LogP contribution >= 0.6 is 0 Å². The van der Waals surface area contributed by atoms with Gasteiger partial charge in [0.1, 0.15) is 18.0 Å². The average Bonchev–Trinajstić information content (AvgIpc) is 3.59. The number of fused-ring (bicyclic) bond motifs is 1. The van der Waals surface area contributed by atoms with Gasteiger partial charge < -0.3 is 19.9 Å². The van der Waals surface area contributed by atoms with Crippen molar-refractivity contribution in [2.45, 2.75) is 45.1 Å². The normalized spacial score (nSPS) is 17.5. The highest BCUT2D eigenvalue weighted by Gasteiger charge is 2.41. The van der Waals surface area contributed by atoms with Gasteiger partial charge in [0, 0.05) is 44.4 Å². The molecule has 1 saturated carbocycles. The molecule has 0 spiro atoms. The third-order valence-electron chi connectivity index (χ3n) is 8.45. The second-order valence-electron chi connectivity index (χ2n) is 11.9. The zero-order chi connectivity index (χ0) is 32.6. The first-order valence-electron chi connectivity index (χ1n) is 15.0. The number of carbonyl (C=O) groups is 1. The molecule has 0 atom stereocenters. The number of rotatable bonds is 10. The van der Waals surface area contributed by atoms with Gasteiger partial charge in [0.2, 0.25) is 0 Å². The van der Waals surface area contributed by atoms with Crippen molar-refractivity contribution >= 4 is 17.5 Å². The summed E-state index contributed by atoms with van der Waals surface area (Å²) in [5.74, 6) is 1.24. The smallest absolute Gasteiger partial charge is 0.383 e. The summed E-state index contributed by atoms with van der Waals surface area (Å²) in [5.41, 5.74) is 1.80. The lowest BCUT2D eigenvalue weighted by atomic mass is 9.82. The minimum atomic E-state index is -4.66. The number of alkyl halides is 3. The highest BCUT2D eigenvalue weighted by Crippen LogP contribution is 2.41. The topological polar surface area (TPSA) is 121 Å². The molecule has 0 bridgehead atoms. The van der Waals surface area contributed by atoms with Gasteiger partial charge in [-0.25, -0.2) is 4.98 Å². The SMILES string of the molecule is COCCNCc1cc2c(c(C(F)(F)F)c1)CN(c1cc(-c3cc(C#N)ccc3-c3nncn3C)cc(N[C@H]3C[C@H](C)C3)n1)C2=O. The Hall–Kier alpha value is -4.80. The number of nitrogens with zero attached hydrogens (tertiary/aromatic N) is 6. The van der Waals surface area contributed by atoms with Crippen LogP contribution in [0, 0.1) is 17.2 Å². The fraction of sp³-hybridized carbons (Fsp3) is 0.364. The second-order valence-corrected chi connectivity index (χ2v) is 11.9. The lowest BCUT2D eigenvalue weighted by Crippen LogP contribution is -2.34. The quantitative estimate of drug-likeness (QED) is 0.219. The number of hydrogen-bond acceptors (Lipinski definition) is 8. The summed E-state index contributed by atoms with van der Waals surface area (Å²) < 4.78 is 49.8. The Bertz CT molecular complexity index is 1820. The molecule has 0 radical (unpaired) electrons. The van der Waals surface area contributed by atoms with Gasteiger partial charge in [-0.2, -0.15) is 18.4 Å². The molecule has 1 fully saturated rings. The maximum Gasteiger partial charge on any atom is 0.416 e. The first-order valence-corrected chi connectivity index (χ1v) is 15.0. The van der Waals surface area contributed by atoms with E-state index in [0.717, 1.165) is 18.9 Å². The number of methoxy groups -OCH3 is 1. The Morgan fingerprint density at radius 3 is 2.59 bits per heavy atom. The number of carbonyl (C=O) groups excluding carboxylic acids is 1. The number of aromatic nitrogens is 4. The van der Waals surface area contributed by atoms with E-state index in [1.54, 1.807) is 49.3 Å². The monoisotopic (exact) mass is 630 g/mol. The van der Waals surface area contributed by atoms with E-state index in [2.05, 4.69) is 33.8 Å². The number of anilines is 2. The molecular weight excluding hydrogens is 597 g/mol. The number of aryl methyl sites for hydroxylation is 1. The Kier molecular flexibility index (Phi) is 8.50. The van der Waals surface area contributed by atoms with Crippen LogP contribution in [0.2, 0.25) is 0 Å². The molecule has 3 heterocycles. The molecule has 2 aliphatic rings. The van der Waals surface area contributed by atoms with Crippen LogP contribution in [0.1, 0.15) is 52.4 Å². The largest absolute Gasteiger partial charge is 0.416 e. The predicted molar refractivity (Wildman–Crippen MR) is 166 cm³/mol. The van der Waals surface area contributed by atoms with Gasteiger partial charge in [0.15, 0.2) is 5.82 Å². The summed E-state index contributed by atoms with van der Waals surface area (Å²) in [6, 6.07) is 13.7. The van der Waals surface area contributed by atoms with Gasteiger partial charge in [-0.1, -0.05) is 6.92 Å². The number of nitrogens with one attached hydrogen (secondary N) is 2. The molecule has 0 saturated heterocycles. The van der Waals surface area contributed by atoms with E-state index in [1.165, 1.54) is 11.0 Å². The zero-order valence-electron chi connectivity index (χ0n) is 25.6. The lowest BCUT2D eigenvalue weighted by molar-refractivity contribution is -0.138. The summed E-state index contributed by atoms with van der Waals surface area (Å²) in [4.78, 5) is 19.9. The Morgan fingerprint density at radius 1 is 1.11 bits per heavy atom. The molecule has 6 rings (SSSR count). The van der Waals surface area contributed by atoms with Crippen LogP contribution in [0.15, 0.2) is 48.8 Å². The molecule has 13 heteroatoms. The standard InChI is InChI=1S/C33H33F3N8O2/c1-19-8-23(9-19)40-29-13-22(25-10-20(15-37)4-5-24(25)31-42-39-18-43(31)2)14-30(41-29)44-17-27-26(32(44)45)11-21(16-38-6-7-46-3)12-28(27)33(34,35)36/h4-5,10-14,18-19,23,38H,6-9,16-17H2,1-3H3,(H,40,41)/t19-,23-. The molecule has 10 nitrogen and oxygen atoms in total. The number of benzene rings is 2. The van der Waals surface area contributed by atoms with E-state index in [9.17, 15) is 23.2 Å². The van der Waals surface area contributed by atoms with Crippen LogP contribution in [0.3, 0.4) is 0 Å². The maximum atomic E-state index is 14.3. The van der Waals surface area contributed by atoms with Gasteiger partial charge in [-0.05, 0) is 83.5 Å². The molecule has 2 aromatic carbocycles. The molecule has 2 N–H and O–H groups in total. The Morgan fingerprint density at radius 2 is 1.91 bits per heavy atom. The van der Waals surface area contributed by atoms with Crippen molar-refractivity contribution in [3.8, 4) is 28.6 Å². The van der Waals surface area contributed by atoms with E-state index in [4.69, 9.17) is 9.72 Å². The molecule has 4 aromatic rings. The van der Waals surface area contributed by atoms with Crippen molar-refractivity contribution in [2.75, 3.05) is 30.5 Å². The van der Waals surface area contributed by atoms with E-state index < -0.39 is 17.6 Å². The van der Waals surface area contributed by atoms with Gasteiger partial charge in [-0.3, -0.25) is 9.69 Å². The van der Waals surface area contributed by atoms with Gasteiger partial charge in [-0.15, -0.1) is 10.2 Å². The van der Waals surface area contributed by atoms with Crippen LogP contribution in [-0.2, 0) is 31.1 Å². The van der Waals surface area contributed by atoms with Crippen LogP contribution in [-0.4, -0.2) is 52.0 Å². The number of nitriles is 1. The van der Waals surface area contributed by atoms with Crippen LogP contribution in [0.5, 0.6) is 0 Å². The predicted octanol–water partition coefficient (Wildman–Crippen LogP) is 5.54. The van der Waals surface area contributed by atoms with Crippen LogP contribution < -0.4 is 15.5 Å². The minimum Gasteiger partial charge on any atom is -0.383 e. The van der Waals surface area contributed by atoms with Crippen molar-refractivity contribution in [2.24, 2.45) is 13.0 Å². The molecule has 1 aliphatic carbocycles. The third-order valence-corrected chi connectivity index (χ3v) is 8.45. The van der Waals surface area contributed by atoms with Crippen molar-refractivity contribution in [3.05, 3.63) is 76.6 Å². The van der Waals surface area contributed by atoms with E-state index in [-0.39, 0.29) is 36.1 Å². The number of ether oxygens (including phenoxy) is 1.